The van der Waals surface area contributed by atoms with Crippen molar-refractivity contribution in [3.05, 3.63) is 66.7 Å². The molecule has 0 saturated carbocycles. The Hall–Kier alpha value is -1.03. The number of benzene rings is 1. The Labute approximate surface area is 182 Å². The minimum Gasteiger partial charge on any atom is -0.372 e. The molecule has 3 rings (SSSR count). The Morgan fingerprint density at radius 2 is 2.04 bits per heavy atom. The van der Waals surface area contributed by atoms with Crippen LogP contribution in [0.3, 0.4) is 0 Å². The molecule has 1 aromatic carbocycles. The molecule has 0 aliphatic carbocycles. The van der Waals surface area contributed by atoms with Crippen LogP contribution in [0.25, 0.3) is 0 Å². The number of halogens is 2. The van der Waals surface area contributed by atoms with Crippen LogP contribution in [0.2, 0.25) is 0 Å². The number of hydrogen-bond donors (Lipinski definition) is 3. The fraction of sp³-hybridized carbons (Fsp3) is 0.350. The third-order valence-corrected chi connectivity index (χ3v) is 7.26. The first kappa shape index (κ1) is 19.7. The molecular formula is C20H24I2N4. The van der Waals surface area contributed by atoms with Crippen LogP contribution in [0, 0.1) is 7.14 Å². The molecule has 4 nitrogen and oxygen atoms in total. The lowest BCUT2D eigenvalue weighted by Gasteiger charge is -2.17. The van der Waals surface area contributed by atoms with Crippen molar-refractivity contribution in [1.29, 1.82) is 0 Å². The third kappa shape index (κ3) is 5.73. The van der Waals surface area contributed by atoms with Crippen molar-refractivity contribution in [2.45, 2.75) is 32.2 Å². The number of aryl methyl sites for hydroxylation is 2. The fourth-order valence-electron chi connectivity index (χ4n) is 2.94. The lowest BCUT2D eigenvalue weighted by Crippen LogP contribution is -2.26. The highest BCUT2D eigenvalue weighted by Crippen LogP contribution is 2.20. The van der Waals surface area contributed by atoms with E-state index < -0.39 is 0 Å². The van der Waals surface area contributed by atoms with Crippen LogP contribution in [0.5, 0.6) is 0 Å². The summed E-state index contributed by atoms with van der Waals surface area (Å²) < 4.78 is 2.57. The maximum Gasteiger partial charge on any atom is 0.129 e. The van der Waals surface area contributed by atoms with Gasteiger partial charge in [-0.25, -0.2) is 4.98 Å². The molecule has 138 valence electrons. The molecule has 0 amide bonds. The predicted octanol–water partition coefficient (Wildman–Crippen LogP) is 4.43. The minimum absolute atomic E-state index is 0.788. The molecule has 0 bridgehead atoms. The smallest absolute Gasteiger partial charge is 0.129 e. The van der Waals surface area contributed by atoms with Gasteiger partial charge in [-0.2, -0.15) is 0 Å². The van der Waals surface area contributed by atoms with Gasteiger partial charge in [-0.3, -0.25) is 0 Å². The van der Waals surface area contributed by atoms with E-state index in [1.165, 1.54) is 24.7 Å². The predicted molar refractivity (Wildman–Crippen MR) is 125 cm³/mol. The van der Waals surface area contributed by atoms with Crippen molar-refractivity contribution in [3.63, 3.8) is 0 Å². The lowest BCUT2D eigenvalue weighted by molar-refractivity contribution is 0.651. The summed E-state index contributed by atoms with van der Waals surface area (Å²) in [6.45, 7) is 6.78. The standard InChI is InChI=1S/C20H24I2N4/c1-14(25-13-15-6-9-18(21)19(22)12-15)23-10-3-5-17-8-7-16-4-2-11-24-20(16)26-17/h6-9,12,23,25H,1-5,10-11,13H2,(H,24,26). The molecule has 0 saturated heterocycles. The molecular weight excluding hydrogens is 550 g/mol. The molecule has 6 heteroatoms. The van der Waals surface area contributed by atoms with E-state index >= 15 is 0 Å². The van der Waals surface area contributed by atoms with Gasteiger partial charge in [0.2, 0.25) is 0 Å². The molecule has 2 aromatic rings. The molecule has 1 aromatic heterocycles. The first-order valence-electron chi connectivity index (χ1n) is 8.95. The molecule has 0 fully saturated rings. The fourth-order valence-corrected chi connectivity index (χ4v) is 3.85. The highest BCUT2D eigenvalue weighted by Gasteiger charge is 2.10. The summed E-state index contributed by atoms with van der Waals surface area (Å²) in [6.07, 6.45) is 4.36. The summed E-state index contributed by atoms with van der Waals surface area (Å²) in [5.41, 5.74) is 3.77. The highest BCUT2D eigenvalue weighted by molar-refractivity contribution is 14.1. The van der Waals surface area contributed by atoms with E-state index in [0.29, 0.717) is 0 Å². The van der Waals surface area contributed by atoms with Gasteiger partial charge in [-0.05, 0) is 100 Å². The van der Waals surface area contributed by atoms with Crippen LogP contribution < -0.4 is 16.0 Å². The van der Waals surface area contributed by atoms with Gasteiger partial charge in [0, 0.05) is 32.5 Å². The van der Waals surface area contributed by atoms with Gasteiger partial charge in [-0.1, -0.05) is 18.7 Å². The van der Waals surface area contributed by atoms with E-state index in [4.69, 9.17) is 4.98 Å². The number of hydrogen-bond acceptors (Lipinski definition) is 4. The Bertz CT molecular complexity index is 776. The van der Waals surface area contributed by atoms with Gasteiger partial charge in [0.1, 0.15) is 5.82 Å². The molecule has 2 heterocycles. The van der Waals surface area contributed by atoms with Crippen molar-refractivity contribution < 1.29 is 0 Å². The minimum atomic E-state index is 0.788. The normalized spacial score (nSPS) is 12.8. The Morgan fingerprint density at radius 3 is 2.88 bits per heavy atom. The number of anilines is 1. The summed E-state index contributed by atoms with van der Waals surface area (Å²) in [5, 5.41) is 10.1. The summed E-state index contributed by atoms with van der Waals surface area (Å²) in [7, 11) is 0. The molecule has 1 aliphatic rings. The topological polar surface area (TPSA) is 49.0 Å². The number of pyridine rings is 1. The molecule has 0 spiro atoms. The van der Waals surface area contributed by atoms with Crippen LogP contribution in [0.15, 0.2) is 42.7 Å². The van der Waals surface area contributed by atoms with Crippen molar-refractivity contribution in [2.75, 3.05) is 18.4 Å². The summed E-state index contributed by atoms with van der Waals surface area (Å²) in [6, 6.07) is 10.9. The Morgan fingerprint density at radius 1 is 1.15 bits per heavy atom. The van der Waals surface area contributed by atoms with Crippen molar-refractivity contribution in [1.82, 2.24) is 15.6 Å². The van der Waals surface area contributed by atoms with Crippen LogP contribution in [-0.4, -0.2) is 18.1 Å². The highest BCUT2D eigenvalue weighted by atomic mass is 127. The zero-order chi connectivity index (χ0) is 18.4. The van der Waals surface area contributed by atoms with Crippen LogP contribution in [-0.2, 0) is 19.4 Å². The molecule has 0 atom stereocenters. The lowest BCUT2D eigenvalue weighted by atomic mass is 10.1. The number of aromatic nitrogens is 1. The maximum atomic E-state index is 4.74. The van der Waals surface area contributed by atoms with Crippen LogP contribution >= 0.6 is 45.2 Å². The first-order chi connectivity index (χ1) is 12.6. The van der Waals surface area contributed by atoms with Gasteiger partial charge in [0.05, 0.1) is 5.82 Å². The van der Waals surface area contributed by atoms with E-state index in [2.05, 4.69) is 98.0 Å². The number of nitrogens with zero attached hydrogens (tertiary/aromatic N) is 1. The molecule has 3 N–H and O–H groups in total. The van der Waals surface area contributed by atoms with E-state index in [9.17, 15) is 0 Å². The first-order valence-corrected chi connectivity index (χ1v) is 11.1. The second-order valence-corrected chi connectivity index (χ2v) is 8.78. The van der Waals surface area contributed by atoms with Gasteiger partial charge in [0.25, 0.3) is 0 Å². The SMILES string of the molecule is C=C(NCCCc1ccc2c(n1)NCCC2)NCc1ccc(I)c(I)c1. The molecule has 0 radical (unpaired) electrons. The van der Waals surface area contributed by atoms with Crippen LogP contribution in [0.4, 0.5) is 5.82 Å². The second kappa shape index (κ2) is 9.77. The second-order valence-electron chi connectivity index (χ2n) is 6.45. The maximum absolute atomic E-state index is 4.74. The summed E-state index contributed by atoms with van der Waals surface area (Å²) in [4.78, 5) is 4.74. The molecule has 26 heavy (non-hydrogen) atoms. The zero-order valence-corrected chi connectivity index (χ0v) is 19.1. The van der Waals surface area contributed by atoms with Gasteiger partial charge in [0.15, 0.2) is 0 Å². The van der Waals surface area contributed by atoms with Gasteiger partial charge < -0.3 is 16.0 Å². The summed E-state index contributed by atoms with van der Waals surface area (Å²) >= 11 is 4.72. The van der Waals surface area contributed by atoms with E-state index in [0.717, 1.165) is 56.2 Å². The average molecular weight is 574 g/mol. The van der Waals surface area contributed by atoms with Crippen LogP contribution in [0.1, 0.15) is 29.7 Å². The summed E-state index contributed by atoms with van der Waals surface area (Å²) in [5.74, 6) is 1.96. The number of nitrogens with one attached hydrogen (secondary N) is 3. The van der Waals surface area contributed by atoms with Crippen molar-refractivity contribution >= 4 is 51.0 Å². The third-order valence-electron chi connectivity index (χ3n) is 4.39. The largest absolute Gasteiger partial charge is 0.372 e. The van der Waals surface area contributed by atoms with Gasteiger partial charge >= 0.3 is 0 Å². The average Bonchev–Trinajstić information content (AvgIpc) is 2.66. The zero-order valence-electron chi connectivity index (χ0n) is 14.7. The van der Waals surface area contributed by atoms with E-state index in [-0.39, 0.29) is 0 Å². The van der Waals surface area contributed by atoms with Crippen molar-refractivity contribution in [3.8, 4) is 0 Å². The van der Waals surface area contributed by atoms with Crippen molar-refractivity contribution in [2.24, 2.45) is 0 Å². The monoisotopic (exact) mass is 574 g/mol. The molecule has 0 unspecified atom stereocenters. The Balaban J connectivity index is 1.36. The van der Waals surface area contributed by atoms with E-state index in [1.54, 1.807) is 0 Å². The number of rotatable bonds is 8. The van der Waals surface area contributed by atoms with Gasteiger partial charge in [-0.15, -0.1) is 0 Å². The number of fused-ring (bicyclic) bond motifs is 1. The van der Waals surface area contributed by atoms with E-state index in [1.807, 2.05) is 0 Å². The molecule has 1 aliphatic heterocycles. The Kier molecular flexibility index (Phi) is 7.42. The quantitative estimate of drug-likeness (QED) is 0.323.